The average molecular weight is 1970 g/mol. The fourth-order valence-electron chi connectivity index (χ4n) is 14.1. The van der Waals surface area contributed by atoms with Gasteiger partial charge < -0.3 is 89.2 Å². The highest BCUT2D eigenvalue weighted by Gasteiger charge is 2.19. The highest BCUT2D eigenvalue weighted by Crippen LogP contribution is 2.34. The van der Waals surface area contributed by atoms with Gasteiger partial charge >= 0.3 is 0 Å². The van der Waals surface area contributed by atoms with E-state index in [2.05, 4.69) is 19.9 Å². The smallest absolute Gasteiger partial charge is 0.193 e. The largest absolute Gasteiger partial charge is 0.508 e. The number of hydrogen-bond donors (Lipinski definition) is 2. The van der Waals surface area contributed by atoms with Gasteiger partial charge in [-0.1, -0.05) is 47.1 Å². The standard InChI is InChI=1S/C22H24N2O5.C22H23NO5.C22H23NO4S.C18H15ClO4.C16H12O4.4CH4.HI/c1-26-17-4-2-16(3-5-17)21-15-20(23-25)19-7-6-18(14-22(19)29-21)28-13-10-24-8-11-27-12-9-24;1-25-17-4-2-16(3-5-17)21-15-20(24)19-7-6-18(14-22(19)28-21)27-13-10-23-8-11-26-12-9-23;1-24-17-4-2-16(3-5-17)20-15-22(28)19-7-6-18(14-21(19)27-20)26-13-10-23-8-11-25-12-9-23;1-21-13-4-2-12(3-5-13)17-11-16(20)15-7-6-14(22-9-8-19)10-18(15)23-17;1-19-12-5-2-10(3-6-12)15-9-14(18)13-7-4-11(17)8-16(13)20-15;;;;;/h2-7,14-15,25H,8-13H2,1H3;2*2-7,14-15H,8-13H2,1H3;2-7,10-11H,8-9H2,1H3;2-9,17H,1H3;4*1H4;1H/b23-20+;;;;;;;;;. The van der Waals surface area contributed by atoms with Crippen LogP contribution in [0.4, 0.5) is 0 Å². The number of benzene rings is 10. The first kappa shape index (κ1) is 104. The van der Waals surface area contributed by atoms with Crippen LogP contribution in [0.15, 0.2) is 284 Å². The molecule has 29 heteroatoms. The molecule has 702 valence electrons. The molecule has 15 aromatic rings. The molecule has 3 aliphatic rings. The Morgan fingerprint density at radius 3 is 0.872 bits per heavy atom. The number of halogens is 2. The van der Waals surface area contributed by atoms with Crippen LogP contribution in [0.5, 0.6) is 57.5 Å². The average Bonchev–Trinajstić information content (AvgIpc) is 0.784. The van der Waals surface area contributed by atoms with E-state index in [1.165, 1.54) is 30.3 Å². The molecule has 3 fully saturated rings. The van der Waals surface area contributed by atoms with Crippen LogP contribution in [0.1, 0.15) is 29.7 Å². The molecule has 0 atom stereocenters. The first-order chi connectivity index (χ1) is 62.6. The lowest BCUT2D eigenvalue weighted by Crippen LogP contribution is -2.38. The first-order valence-electron chi connectivity index (χ1n) is 41.6. The zero-order valence-corrected chi connectivity index (χ0v) is 75.7. The fourth-order valence-corrected chi connectivity index (χ4v) is 14.5. The molecule has 0 aliphatic carbocycles. The summed E-state index contributed by atoms with van der Waals surface area (Å²) in [6.07, 6.45) is 0. The number of phenols is 1. The maximum Gasteiger partial charge on any atom is 0.193 e. The lowest BCUT2D eigenvalue weighted by Gasteiger charge is -2.26. The second kappa shape index (κ2) is 51.9. The van der Waals surface area contributed by atoms with E-state index in [0.29, 0.717) is 122 Å². The predicted molar refractivity (Wildman–Crippen MR) is 536 cm³/mol. The zero-order valence-electron chi connectivity index (χ0n) is 71.8. The summed E-state index contributed by atoms with van der Waals surface area (Å²) in [6, 6.07) is 71.5. The van der Waals surface area contributed by atoms with E-state index in [-0.39, 0.29) is 75.7 Å². The molecule has 5 aromatic heterocycles. The van der Waals surface area contributed by atoms with E-state index in [0.717, 1.165) is 182 Å². The number of fused-ring (bicyclic) bond motifs is 5. The molecule has 0 spiro atoms. The van der Waals surface area contributed by atoms with Crippen LogP contribution in [0.3, 0.4) is 0 Å². The Morgan fingerprint density at radius 2 is 0.571 bits per heavy atom. The number of morpholine rings is 3. The number of alkyl halides is 1. The molecule has 0 amide bonds. The second-order valence-corrected chi connectivity index (χ2v) is 30.2. The molecule has 3 aliphatic heterocycles. The lowest BCUT2D eigenvalue weighted by molar-refractivity contribution is 0.0322. The number of phenolic OH excluding ortho intramolecular Hbond substituents is 1. The molecular weight excluding hydrogens is 1850 g/mol. The maximum atomic E-state index is 12.5. The number of rotatable bonds is 25. The van der Waals surface area contributed by atoms with Crippen molar-refractivity contribution in [1.29, 1.82) is 0 Å². The van der Waals surface area contributed by atoms with Gasteiger partial charge in [-0.25, -0.2) is 0 Å². The quantitative estimate of drug-likeness (QED) is 0.0177. The van der Waals surface area contributed by atoms with Crippen LogP contribution in [-0.2, 0) is 14.2 Å². The van der Waals surface area contributed by atoms with Gasteiger partial charge in [0.2, 0.25) is 0 Å². The van der Waals surface area contributed by atoms with Crippen molar-refractivity contribution >= 4 is 103 Å². The number of aromatic hydroxyl groups is 1. The van der Waals surface area contributed by atoms with Crippen LogP contribution in [0.25, 0.3) is 111 Å². The van der Waals surface area contributed by atoms with Crippen molar-refractivity contribution in [3.8, 4) is 114 Å². The van der Waals surface area contributed by atoms with Crippen LogP contribution < -0.4 is 64.3 Å². The third-order valence-electron chi connectivity index (χ3n) is 21.2. The zero-order chi connectivity index (χ0) is 89.1. The van der Waals surface area contributed by atoms with E-state index in [4.69, 9.17) is 103 Å². The molecule has 0 saturated carbocycles. The maximum absolute atomic E-state index is 12.5. The van der Waals surface area contributed by atoms with E-state index in [1.54, 1.807) is 90.1 Å². The fraction of sp³-hybridized carbons (Fsp3) is 0.279. The Labute approximate surface area is 799 Å². The van der Waals surface area contributed by atoms with Crippen molar-refractivity contribution < 1.29 is 89.2 Å². The molecule has 10 aromatic carbocycles. The van der Waals surface area contributed by atoms with E-state index in [9.17, 15) is 24.7 Å². The summed E-state index contributed by atoms with van der Waals surface area (Å²) in [4.78, 5) is 43.8. The number of methoxy groups -OCH3 is 5. The Morgan fingerprint density at radius 1 is 0.323 bits per heavy atom. The summed E-state index contributed by atoms with van der Waals surface area (Å²) in [7, 11) is 8.09. The predicted octanol–water partition coefficient (Wildman–Crippen LogP) is 21.3. The van der Waals surface area contributed by atoms with Crippen molar-refractivity contribution in [3.05, 3.63) is 283 Å². The van der Waals surface area contributed by atoms with Gasteiger partial charge in [-0.05, 0) is 182 Å². The minimum atomic E-state index is -0.142. The van der Waals surface area contributed by atoms with Crippen molar-refractivity contribution in [3.63, 3.8) is 0 Å². The minimum absolute atomic E-state index is 0. The van der Waals surface area contributed by atoms with Crippen molar-refractivity contribution in [1.82, 2.24) is 14.7 Å². The Bertz CT molecular complexity index is 6380. The first-order valence-corrected chi connectivity index (χ1v) is 42.5. The summed E-state index contributed by atoms with van der Waals surface area (Å²) < 4.78 is 95.6. The van der Waals surface area contributed by atoms with Crippen LogP contribution in [-0.4, -0.2) is 191 Å². The third kappa shape index (κ3) is 28.4. The summed E-state index contributed by atoms with van der Waals surface area (Å²) in [5.41, 5.74) is 6.56. The summed E-state index contributed by atoms with van der Waals surface area (Å²) >= 11 is 11.2. The molecule has 0 bridgehead atoms. The Kier molecular flexibility index (Phi) is 40.6. The summed E-state index contributed by atoms with van der Waals surface area (Å²) in [5.74, 6) is 9.86. The summed E-state index contributed by atoms with van der Waals surface area (Å²) in [5, 5.41) is 25.9. The molecular formula is C104H114ClIN4O22S. The number of hydrogen-bond acceptors (Lipinski definition) is 27. The van der Waals surface area contributed by atoms with Gasteiger partial charge in [0.15, 0.2) is 16.3 Å². The molecule has 2 N–H and O–H groups in total. The molecule has 0 radical (unpaired) electrons. The van der Waals surface area contributed by atoms with Gasteiger partial charge in [0, 0.05) is 158 Å². The lowest BCUT2D eigenvalue weighted by atomic mass is 10.1. The van der Waals surface area contributed by atoms with Gasteiger partial charge in [-0.2, -0.15) is 0 Å². The van der Waals surface area contributed by atoms with Gasteiger partial charge in [-0.3, -0.25) is 29.1 Å². The topological polar surface area (TPSA) is 290 Å². The van der Waals surface area contributed by atoms with Crippen LogP contribution in [0.2, 0.25) is 0 Å². The van der Waals surface area contributed by atoms with E-state index >= 15 is 0 Å². The molecule has 133 heavy (non-hydrogen) atoms. The Hall–Kier alpha value is -12.8. The van der Waals surface area contributed by atoms with Crippen molar-refractivity contribution in [2.45, 2.75) is 29.7 Å². The van der Waals surface area contributed by atoms with Crippen LogP contribution >= 0.6 is 47.8 Å². The minimum Gasteiger partial charge on any atom is -0.508 e. The van der Waals surface area contributed by atoms with E-state index in [1.807, 2.05) is 158 Å². The van der Waals surface area contributed by atoms with Gasteiger partial charge in [0.1, 0.15) is 146 Å². The molecule has 18 rings (SSSR count). The third-order valence-corrected chi connectivity index (χ3v) is 21.7. The van der Waals surface area contributed by atoms with Gasteiger partial charge in [0.05, 0.1) is 102 Å². The highest BCUT2D eigenvalue weighted by atomic mass is 127. The van der Waals surface area contributed by atoms with Gasteiger partial charge in [-0.15, -0.1) is 35.6 Å². The van der Waals surface area contributed by atoms with Crippen molar-refractivity contribution in [2.24, 2.45) is 5.16 Å². The van der Waals surface area contributed by atoms with Crippen LogP contribution in [0, 0.1) is 4.51 Å². The SMILES string of the molecule is C.C.C.C.COc1ccc(-c2c/c(=N\O)c3ccc(OCCN4CCOCC4)cc3o2)cc1.COc1ccc(-c2cc(=O)c3ccc(O)cc3o2)cc1.COc1ccc(-c2cc(=O)c3ccc(OCCCl)cc3o2)cc1.COc1ccc(-c2cc(=O)c3ccc(OCCN4CCOCC4)cc3o2)cc1.COc1ccc(-c2cc(=S)c3ccc(OCCN4CCOCC4)cc3o2)cc1.I. The second-order valence-electron chi connectivity index (χ2n) is 29.4. The highest BCUT2D eigenvalue weighted by molar-refractivity contribution is 14.0. The number of nitrogens with zero attached hydrogens (tertiary/aromatic N) is 4. The molecule has 3 saturated heterocycles. The van der Waals surface area contributed by atoms with Gasteiger partial charge in [0.25, 0.3) is 0 Å². The summed E-state index contributed by atoms with van der Waals surface area (Å²) in [6.45, 7) is 15.1. The molecule has 0 unspecified atom stereocenters. The molecule has 8 heterocycles. The number of ether oxygens (including phenoxy) is 12. The van der Waals surface area contributed by atoms with E-state index < -0.39 is 0 Å². The Balaban J connectivity index is 0.000000186. The normalized spacial score (nSPS) is 13.1. The van der Waals surface area contributed by atoms with Crippen molar-refractivity contribution in [2.75, 3.05) is 166 Å². The monoisotopic (exact) mass is 1960 g/mol. The molecule has 26 nitrogen and oxygen atoms in total.